The molecule has 0 atom stereocenters. The van der Waals surface area contributed by atoms with Crippen LogP contribution in [0.5, 0.6) is 0 Å². The van der Waals surface area contributed by atoms with Crippen LogP contribution in [-0.2, 0) is 12.6 Å². The third kappa shape index (κ3) is 4.95. The van der Waals surface area contributed by atoms with Crippen molar-refractivity contribution in [1.82, 2.24) is 15.0 Å². The van der Waals surface area contributed by atoms with Crippen LogP contribution >= 0.6 is 0 Å². The molecule has 4 N–H and O–H groups in total. The fourth-order valence-electron chi connectivity index (χ4n) is 3.54. The fourth-order valence-corrected chi connectivity index (χ4v) is 3.54. The number of alkyl halides is 3. The number of fused-ring (bicyclic) bond motifs is 1. The summed E-state index contributed by atoms with van der Waals surface area (Å²) in [4.78, 5) is 15.8. The first kappa shape index (κ1) is 21.9. The highest BCUT2D eigenvalue weighted by Crippen LogP contribution is 2.32. The maximum absolute atomic E-state index is 13.1. The van der Waals surface area contributed by atoms with E-state index in [1.165, 1.54) is 0 Å². The number of benzene rings is 1. The van der Waals surface area contributed by atoms with E-state index in [0.29, 0.717) is 41.6 Å². The number of anilines is 4. The summed E-state index contributed by atoms with van der Waals surface area (Å²) < 4.78 is 39.3. The molecule has 1 fully saturated rings. The van der Waals surface area contributed by atoms with Crippen molar-refractivity contribution >= 4 is 34.2 Å². The highest BCUT2D eigenvalue weighted by atomic mass is 19.4. The second-order valence-electron chi connectivity index (χ2n) is 8.24. The Kier molecular flexibility index (Phi) is 5.94. The van der Waals surface area contributed by atoms with Gasteiger partial charge in [0.05, 0.1) is 17.3 Å². The Morgan fingerprint density at radius 3 is 2.56 bits per heavy atom. The summed E-state index contributed by atoms with van der Waals surface area (Å²) >= 11 is 0. The summed E-state index contributed by atoms with van der Waals surface area (Å²) in [5, 5.41) is 7.35. The average molecular weight is 445 g/mol. The van der Waals surface area contributed by atoms with Gasteiger partial charge in [-0.2, -0.15) is 18.2 Å². The van der Waals surface area contributed by atoms with E-state index in [9.17, 15) is 13.2 Å². The minimum absolute atomic E-state index is 0.0952. The molecule has 0 radical (unpaired) electrons. The monoisotopic (exact) mass is 445 g/mol. The normalized spacial score (nSPS) is 14.0. The van der Waals surface area contributed by atoms with Gasteiger partial charge in [-0.05, 0) is 56.5 Å². The first-order valence-electron chi connectivity index (χ1n) is 10.6. The van der Waals surface area contributed by atoms with Crippen molar-refractivity contribution in [3.05, 3.63) is 41.6 Å². The molecule has 1 aliphatic heterocycles. The van der Waals surface area contributed by atoms with Crippen LogP contribution in [0.25, 0.3) is 10.9 Å². The van der Waals surface area contributed by atoms with E-state index >= 15 is 0 Å². The van der Waals surface area contributed by atoms with E-state index in [0.717, 1.165) is 37.0 Å². The molecule has 0 unspecified atom stereocenters. The third-order valence-electron chi connectivity index (χ3n) is 5.19. The standard InChI is InChI=1S/C22H26F3N7/c1-13(2)29-19-11-17-18(12-28-19)30-21(32-6-3-7-32)31-20(17)27-5-4-14-8-15(22(23,24)25)10-16(26)9-14/h8-13H,3-7,26H2,1-2H3,(H,28,29)(H,27,30,31). The number of hydrogen-bond acceptors (Lipinski definition) is 7. The summed E-state index contributed by atoms with van der Waals surface area (Å²) in [6.07, 6.45) is -1.26. The van der Waals surface area contributed by atoms with Crippen LogP contribution in [0.2, 0.25) is 0 Å². The van der Waals surface area contributed by atoms with Crippen molar-refractivity contribution in [1.29, 1.82) is 0 Å². The number of aromatic nitrogens is 3. The smallest absolute Gasteiger partial charge is 0.399 e. The van der Waals surface area contributed by atoms with Crippen LogP contribution < -0.4 is 21.3 Å². The number of nitrogens with two attached hydrogens (primary N) is 1. The van der Waals surface area contributed by atoms with Crippen molar-refractivity contribution in [2.75, 3.05) is 40.9 Å². The summed E-state index contributed by atoms with van der Waals surface area (Å²) in [6, 6.07) is 5.75. The van der Waals surface area contributed by atoms with Crippen molar-refractivity contribution in [3.8, 4) is 0 Å². The van der Waals surface area contributed by atoms with Crippen LogP contribution in [0.15, 0.2) is 30.5 Å². The maximum atomic E-state index is 13.1. The van der Waals surface area contributed by atoms with Gasteiger partial charge in [0.25, 0.3) is 0 Å². The Bertz CT molecular complexity index is 1110. The zero-order valence-corrected chi connectivity index (χ0v) is 18.0. The predicted molar refractivity (Wildman–Crippen MR) is 121 cm³/mol. The molecule has 3 heterocycles. The highest BCUT2D eigenvalue weighted by molar-refractivity contribution is 5.91. The predicted octanol–water partition coefficient (Wildman–Crippen LogP) is 4.31. The van der Waals surface area contributed by atoms with Crippen LogP contribution in [0.3, 0.4) is 0 Å². The highest BCUT2D eigenvalue weighted by Gasteiger charge is 2.31. The molecule has 10 heteroatoms. The number of rotatable bonds is 7. The first-order valence-corrected chi connectivity index (χ1v) is 10.6. The minimum Gasteiger partial charge on any atom is -0.399 e. The van der Waals surface area contributed by atoms with Gasteiger partial charge in [-0.1, -0.05) is 0 Å². The second-order valence-corrected chi connectivity index (χ2v) is 8.24. The molecular formula is C22H26F3N7. The number of nitrogens with zero attached hydrogens (tertiary/aromatic N) is 4. The number of nitrogen functional groups attached to an aromatic ring is 1. The van der Waals surface area contributed by atoms with E-state index in [2.05, 4.69) is 25.5 Å². The lowest BCUT2D eigenvalue weighted by molar-refractivity contribution is -0.137. The zero-order chi connectivity index (χ0) is 22.9. The van der Waals surface area contributed by atoms with Crippen molar-refractivity contribution in [2.24, 2.45) is 0 Å². The van der Waals surface area contributed by atoms with E-state index in [4.69, 9.17) is 10.7 Å². The molecule has 0 bridgehead atoms. The molecule has 2 aromatic heterocycles. The van der Waals surface area contributed by atoms with Crippen molar-refractivity contribution < 1.29 is 13.2 Å². The number of nitrogens with one attached hydrogen (secondary N) is 2. The van der Waals surface area contributed by atoms with Crippen molar-refractivity contribution in [3.63, 3.8) is 0 Å². The summed E-state index contributed by atoms with van der Waals surface area (Å²) in [7, 11) is 0. The van der Waals surface area contributed by atoms with Gasteiger partial charge in [0, 0.05) is 36.7 Å². The second kappa shape index (κ2) is 8.68. The molecule has 170 valence electrons. The molecule has 7 nitrogen and oxygen atoms in total. The van der Waals surface area contributed by atoms with Gasteiger partial charge in [-0.25, -0.2) is 9.97 Å². The van der Waals surface area contributed by atoms with E-state index < -0.39 is 11.7 Å². The third-order valence-corrected chi connectivity index (χ3v) is 5.19. The first-order chi connectivity index (χ1) is 15.2. The molecular weight excluding hydrogens is 419 g/mol. The lowest BCUT2D eigenvalue weighted by atomic mass is 10.1. The summed E-state index contributed by atoms with van der Waals surface area (Å²) in [5.74, 6) is 1.97. The largest absolute Gasteiger partial charge is 0.416 e. The van der Waals surface area contributed by atoms with Gasteiger partial charge < -0.3 is 21.3 Å². The van der Waals surface area contributed by atoms with E-state index in [1.54, 1.807) is 12.3 Å². The minimum atomic E-state index is -4.43. The van der Waals surface area contributed by atoms with Gasteiger partial charge in [-0.3, -0.25) is 0 Å². The molecule has 3 aromatic rings. The van der Waals surface area contributed by atoms with E-state index in [-0.39, 0.29) is 11.7 Å². The summed E-state index contributed by atoms with van der Waals surface area (Å²) in [6.45, 7) is 6.23. The molecule has 0 amide bonds. The fraction of sp³-hybridized carbons (Fsp3) is 0.409. The quantitative estimate of drug-likeness (QED) is 0.467. The van der Waals surface area contributed by atoms with Crippen LogP contribution in [0, 0.1) is 0 Å². The van der Waals surface area contributed by atoms with Crippen molar-refractivity contribution in [2.45, 2.75) is 38.9 Å². The molecule has 0 saturated carbocycles. The molecule has 32 heavy (non-hydrogen) atoms. The number of pyridine rings is 1. The Balaban J connectivity index is 1.59. The topological polar surface area (TPSA) is 92.0 Å². The van der Waals surface area contributed by atoms with Gasteiger partial charge in [0.1, 0.15) is 11.6 Å². The Labute approximate surface area is 184 Å². The van der Waals surface area contributed by atoms with Gasteiger partial charge in [0.15, 0.2) is 0 Å². The molecule has 1 aromatic carbocycles. The number of halogens is 3. The van der Waals surface area contributed by atoms with Gasteiger partial charge >= 0.3 is 6.18 Å². The molecule has 4 rings (SSSR count). The van der Waals surface area contributed by atoms with Gasteiger partial charge in [0.2, 0.25) is 5.95 Å². The van der Waals surface area contributed by atoms with Crippen LogP contribution in [-0.4, -0.2) is 40.6 Å². The maximum Gasteiger partial charge on any atom is 0.416 e. The SMILES string of the molecule is CC(C)Nc1cc2c(NCCc3cc(N)cc(C(F)(F)F)c3)nc(N3CCC3)nc2cn1. The number of hydrogen-bond donors (Lipinski definition) is 3. The Morgan fingerprint density at radius 1 is 1.12 bits per heavy atom. The molecule has 0 spiro atoms. The summed E-state index contributed by atoms with van der Waals surface area (Å²) in [5.41, 5.74) is 6.26. The average Bonchev–Trinajstić information content (AvgIpc) is 2.65. The Morgan fingerprint density at radius 2 is 1.91 bits per heavy atom. The lowest BCUT2D eigenvalue weighted by Gasteiger charge is -2.31. The van der Waals surface area contributed by atoms with Gasteiger partial charge in [-0.15, -0.1) is 0 Å². The van der Waals surface area contributed by atoms with Crippen LogP contribution in [0.1, 0.15) is 31.4 Å². The molecule has 1 aliphatic rings. The molecule has 0 aliphatic carbocycles. The van der Waals surface area contributed by atoms with Crippen LogP contribution in [0.4, 0.5) is 36.4 Å². The molecule has 1 saturated heterocycles. The zero-order valence-electron chi connectivity index (χ0n) is 18.0. The Hall–Kier alpha value is -3.30. The lowest BCUT2D eigenvalue weighted by Crippen LogP contribution is -2.38. The van der Waals surface area contributed by atoms with E-state index in [1.807, 2.05) is 19.9 Å².